The van der Waals surface area contributed by atoms with Crippen LogP contribution in [0, 0.1) is 5.82 Å². The number of fused-ring (bicyclic) bond motifs is 1. The zero-order valence-corrected chi connectivity index (χ0v) is 16.7. The van der Waals surface area contributed by atoms with Crippen molar-refractivity contribution in [3.63, 3.8) is 0 Å². The standard InChI is InChI=1S/C20H14F4N4O2S/c1-28-9-14(17(27-28)20(22,23)24)18(29)25-13-5-6-16-15(8-13)26-19(30-16)31-10-11-3-2-4-12(21)7-11/h2-9H,10H2,1H3,(H,25,29). The van der Waals surface area contributed by atoms with Gasteiger partial charge in [-0.05, 0) is 35.9 Å². The number of aromatic nitrogens is 3. The van der Waals surface area contributed by atoms with Gasteiger partial charge in [0.2, 0.25) is 0 Å². The first-order valence-corrected chi connectivity index (χ1v) is 9.87. The molecule has 0 aliphatic carbocycles. The lowest BCUT2D eigenvalue weighted by Crippen LogP contribution is -2.17. The van der Waals surface area contributed by atoms with Crippen molar-refractivity contribution in [2.45, 2.75) is 17.2 Å². The summed E-state index contributed by atoms with van der Waals surface area (Å²) in [7, 11) is 1.30. The predicted molar refractivity (Wildman–Crippen MR) is 106 cm³/mol. The molecule has 0 fully saturated rings. The summed E-state index contributed by atoms with van der Waals surface area (Å²) in [6, 6.07) is 10.7. The topological polar surface area (TPSA) is 73.0 Å². The van der Waals surface area contributed by atoms with Gasteiger partial charge in [0.15, 0.2) is 11.3 Å². The van der Waals surface area contributed by atoms with Gasteiger partial charge in [0.1, 0.15) is 11.3 Å². The number of aryl methyl sites for hydroxylation is 1. The highest BCUT2D eigenvalue weighted by Crippen LogP contribution is 2.31. The van der Waals surface area contributed by atoms with Crippen LogP contribution in [0.4, 0.5) is 23.2 Å². The fourth-order valence-corrected chi connectivity index (χ4v) is 3.66. The van der Waals surface area contributed by atoms with E-state index in [1.165, 1.54) is 43.1 Å². The summed E-state index contributed by atoms with van der Waals surface area (Å²) in [4.78, 5) is 16.7. The summed E-state index contributed by atoms with van der Waals surface area (Å²) in [6.45, 7) is 0. The average Bonchev–Trinajstić information content (AvgIpc) is 3.29. The Kier molecular flexibility index (Phi) is 5.44. The van der Waals surface area contributed by atoms with Gasteiger partial charge in [0.25, 0.3) is 11.1 Å². The van der Waals surface area contributed by atoms with Crippen molar-refractivity contribution in [1.29, 1.82) is 0 Å². The first-order valence-electron chi connectivity index (χ1n) is 8.89. The number of carbonyl (C=O) groups is 1. The highest BCUT2D eigenvalue weighted by atomic mass is 32.2. The zero-order valence-electron chi connectivity index (χ0n) is 15.9. The number of halogens is 4. The van der Waals surface area contributed by atoms with E-state index in [1.54, 1.807) is 18.2 Å². The summed E-state index contributed by atoms with van der Waals surface area (Å²) in [5.41, 5.74) is 0.0353. The van der Waals surface area contributed by atoms with E-state index in [1.807, 2.05) is 0 Å². The molecule has 2 heterocycles. The van der Waals surface area contributed by atoms with Crippen LogP contribution in [0.25, 0.3) is 11.1 Å². The van der Waals surface area contributed by atoms with E-state index in [0.29, 0.717) is 22.1 Å². The highest BCUT2D eigenvalue weighted by Gasteiger charge is 2.39. The smallest absolute Gasteiger partial charge is 0.431 e. The molecule has 0 aliphatic heterocycles. The molecule has 0 atom stereocenters. The van der Waals surface area contributed by atoms with Crippen LogP contribution >= 0.6 is 11.8 Å². The van der Waals surface area contributed by atoms with Crippen LogP contribution in [0.1, 0.15) is 21.6 Å². The first-order chi connectivity index (χ1) is 14.7. The fraction of sp³-hybridized carbons (Fsp3) is 0.150. The second kappa shape index (κ2) is 8.06. The molecule has 31 heavy (non-hydrogen) atoms. The lowest BCUT2D eigenvalue weighted by molar-refractivity contribution is -0.141. The molecule has 0 saturated heterocycles. The van der Waals surface area contributed by atoms with Gasteiger partial charge in [0, 0.05) is 24.7 Å². The molecule has 0 spiro atoms. The number of nitrogens with zero attached hydrogens (tertiary/aromatic N) is 3. The van der Waals surface area contributed by atoms with E-state index >= 15 is 0 Å². The number of nitrogens with one attached hydrogen (secondary N) is 1. The Balaban J connectivity index is 1.50. The van der Waals surface area contributed by atoms with Gasteiger partial charge in [-0.1, -0.05) is 23.9 Å². The summed E-state index contributed by atoms with van der Waals surface area (Å²) in [5.74, 6) is -0.836. The Hall–Kier alpha value is -3.34. The Morgan fingerprint density at radius 3 is 2.77 bits per heavy atom. The van der Waals surface area contributed by atoms with E-state index < -0.39 is 23.3 Å². The number of hydrogen-bond donors (Lipinski definition) is 1. The molecule has 4 rings (SSSR count). The molecule has 2 aromatic carbocycles. The molecule has 6 nitrogen and oxygen atoms in total. The number of benzene rings is 2. The van der Waals surface area contributed by atoms with Crippen LogP contribution in [0.5, 0.6) is 0 Å². The molecule has 1 N–H and O–H groups in total. The lowest BCUT2D eigenvalue weighted by atomic mass is 10.2. The van der Waals surface area contributed by atoms with Gasteiger partial charge in [0.05, 0.1) is 5.56 Å². The third kappa shape index (κ3) is 4.71. The lowest BCUT2D eigenvalue weighted by Gasteiger charge is -2.07. The van der Waals surface area contributed by atoms with Crippen LogP contribution in [0.15, 0.2) is 58.3 Å². The van der Waals surface area contributed by atoms with E-state index in [9.17, 15) is 22.4 Å². The molecular weight excluding hydrogens is 436 g/mol. The normalized spacial score (nSPS) is 11.8. The van der Waals surface area contributed by atoms with Gasteiger partial charge < -0.3 is 9.73 Å². The number of anilines is 1. The number of rotatable bonds is 5. The maximum atomic E-state index is 13.3. The third-order valence-electron chi connectivity index (χ3n) is 4.22. The number of carbonyl (C=O) groups excluding carboxylic acids is 1. The van der Waals surface area contributed by atoms with Crippen LogP contribution in [-0.2, 0) is 19.0 Å². The van der Waals surface area contributed by atoms with E-state index in [0.717, 1.165) is 16.4 Å². The number of thioether (sulfide) groups is 1. The van der Waals surface area contributed by atoms with Gasteiger partial charge in [-0.15, -0.1) is 0 Å². The van der Waals surface area contributed by atoms with Gasteiger partial charge >= 0.3 is 6.18 Å². The Morgan fingerprint density at radius 1 is 1.23 bits per heavy atom. The minimum absolute atomic E-state index is 0.254. The molecule has 0 bridgehead atoms. The molecule has 2 aromatic heterocycles. The van der Waals surface area contributed by atoms with Crippen LogP contribution in [-0.4, -0.2) is 20.7 Å². The summed E-state index contributed by atoms with van der Waals surface area (Å²) in [5, 5.41) is 6.10. The SMILES string of the molecule is Cn1cc(C(=O)Nc2ccc3oc(SCc4cccc(F)c4)nc3c2)c(C(F)(F)F)n1. The Morgan fingerprint density at radius 2 is 2.03 bits per heavy atom. The van der Waals surface area contributed by atoms with Crippen molar-refractivity contribution in [3.05, 3.63) is 71.3 Å². The van der Waals surface area contributed by atoms with E-state index in [-0.39, 0.29) is 11.5 Å². The molecular formula is C20H14F4N4O2S. The van der Waals surface area contributed by atoms with Crippen molar-refractivity contribution in [1.82, 2.24) is 14.8 Å². The second-order valence-electron chi connectivity index (χ2n) is 6.60. The van der Waals surface area contributed by atoms with Crippen molar-refractivity contribution >= 4 is 34.5 Å². The van der Waals surface area contributed by atoms with Crippen molar-refractivity contribution in [2.75, 3.05) is 5.32 Å². The highest BCUT2D eigenvalue weighted by molar-refractivity contribution is 7.98. The molecule has 4 aromatic rings. The number of amides is 1. The van der Waals surface area contributed by atoms with Gasteiger partial charge in [-0.3, -0.25) is 9.48 Å². The minimum atomic E-state index is -4.75. The van der Waals surface area contributed by atoms with Crippen molar-refractivity contribution < 1.29 is 26.8 Å². The maximum Gasteiger partial charge on any atom is 0.435 e. The molecule has 160 valence electrons. The monoisotopic (exact) mass is 450 g/mol. The zero-order chi connectivity index (χ0) is 22.2. The molecule has 0 radical (unpaired) electrons. The van der Waals surface area contributed by atoms with E-state index in [2.05, 4.69) is 15.4 Å². The van der Waals surface area contributed by atoms with Crippen LogP contribution < -0.4 is 5.32 Å². The molecule has 1 amide bonds. The van der Waals surface area contributed by atoms with Crippen LogP contribution in [0.3, 0.4) is 0 Å². The summed E-state index contributed by atoms with van der Waals surface area (Å²) >= 11 is 1.26. The molecule has 11 heteroatoms. The van der Waals surface area contributed by atoms with Gasteiger partial charge in [-0.25, -0.2) is 9.37 Å². The Bertz CT molecular complexity index is 1270. The quantitative estimate of drug-likeness (QED) is 0.332. The molecule has 0 unspecified atom stereocenters. The molecule has 0 saturated carbocycles. The maximum absolute atomic E-state index is 13.3. The van der Waals surface area contributed by atoms with E-state index in [4.69, 9.17) is 4.42 Å². The largest absolute Gasteiger partial charge is 0.435 e. The van der Waals surface area contributed by atoms with Crippen LogP contribution in [0.2, 0.25) is 0 Å². The second-order valence-corrected chi connectivity index (χ2v) is 7.52. The summed E-state index contributed by atoms with van der Waals surface area (Å²) < 4.78 is 59.1. The minimum Gasteiger partial charge on any atom is -0.431 e. The number of alkyl halides is 3. The number of oxazole rings is 1. The summed E-state index contributed by atoms with van der Waals surface area (Å²) in [6.07, 6.45) is -3.74. The molecule has 0 aliphatic rings. The van der Waals surface area contributed by atoms with Crippen molar-refractivity contribution in [3.8, 4) is 0 Å². The van der Waals surface area contributed by atoms with Gasteiger partial charge in [-0.2, -0.15) is 18.3 Å². The third-order valence-corrected chi connectivity index (χ3v) is 5.12. The van der Waals surface area contributed by atoms with Crippen molar-refractivity contribution in [2.24, 2.45) is 7.05 Å². The number of hydrogen-bond acceptors (Lipinski definition) is 5. The fourth-order valence-electron chi connectivity index (χ4n) is 2.88. The first kappa shape index (κ1) is 20.9. The average molecular weight is 450 g/mol. The Labute approximate surface area is 177 Å². The predicted octanol–water partition coefficient (Wildman–Crippen LogP) is 5.26.